The third-order valence-electron chi connectivity index (χ3n) is 4.86. The summed E-state index contributed by atoms with van der Waals surface area (Å²) in [4.78, 5) is 28.9. The largest absolute Gasteiger partial charge is 0.396 e. The maximum Gasteiger partial charge on any atom is 0.271 e. The number of carbonyl (C=O) groups excluding carboxylic acids is 2. The Bertz CT molecular complexity index is 765. The number of benzene rings is 1. The number of hydrogen-bond donors (Lipinski definition) is 3. The summed E-state index contributed by atoms with van der Waals surface area (Å²) in [5.41, 5.74) is -0.686. The summed E-state index contributed by atoms with van der Waals surface area (Å²) in [5.74, 6) is -3.20. The summed E-state index contributed by atoms with van der Waals surface area (Å²) >= 11 is 0. The van der Waals surface area contributed by atoms with Crippen molar-refractivity contribution in [3.05, 3.63) is 47.2 Å². The molecule has 6 nitrogen and oxygen atoms in total. The van der Waals surface area contributed by atoms with E-state index in [-0.39, 0.29) is 30.0 Å². The minimum absolute atomic E-state index is 0.0307. The van der Waals surface area contributed by atoms with Crippen LogP contribution in [0, 0.1) is 17.6 Å². The van der Waals surface area contributed by atoms with E-state index in [2.05, 4.69) is 15.6 Å². The molecule has 0 bridgehead atoms. The second kappa shape index (κ2) is 10.1. The average molecular weight is 393 g/mol. The number of allylic oxidation sites excluding steroid dienone is 1. The molecule has 8 heteroatoms. The molecule has 0 spiro atoms. The lowest BCUT2D eigenvalue weighted by Gasteiger charge is -2.28. The van der Waals surface area contributed by atoms with Gasteiger partial charge in [-0.05, 0) is 50.7 Å². The van der Waals surface area contributed by atoms with E-state index in [4.69, 9.17) is 0 Å². The van der Waals surface area contributed by atoms with Crippen LogP contribution < -0.4 is 10.6 Å². The van der Waals surface area contributed by atoms with Gasteiger partial charge < -0.3 is 15.7 Å². The van der Waals surface area contributed by atoms with Crippen molar-refractivity contribution in [2.75, 3.05) is 13.7 Å². The number of nitrogens with zero attached hydrogens (tertiary/aromatic N) is 1. The molecule has 0 heterocycles. The fourth-order valence-corrected chi connectivity index (χ4v) is 3.26. The lowest BCUT2D eigenvalue weighted by molar-refractivity contribution is -0.115. The Morgan fingerprint density at radius 1 is 1.21 bits per heavy atom. The minimum Gasteiger partial charge on any atom is -0.396 e. The van der Waals surface area contributed by atoms with Crippen LogP contribution in [0.25, 0.3) is 0 Å². The molecule has 1 aliphatic rings. The van der Waals surface area contributed by atoms with E-state index in [1.54, 1.807) is 6.92 Å². The molecule has 28 heavy (non-hydrogen) atoms. The first-order chi connectivity index (χ1) is 13.4. The molecule has 1 fully saturated rings. The van der Waals surface area contributed by atoms with Gasteiger partial charge >= 0.3 is 0 Å². The molecule has 0 aliphatic heterocycles. The Hall–Kier alpha value is -2.61. The Labute approximate surface area is 162 Å². The first-order valence-electron chi connectivity index (χ1n) is 9.21. The third-order valence-corrected chi connectivity index (χ3v) is 4.86. The lowest BCUT2D eigenvalue weighted by atomic mass is 9.86. The van der Waals surface area contributed by atoms with E-state index in [0.29, 0.717) is 0 Å². The third kappa shape index (κ3) is 5.22. The van der Waals surface area contributed by atoms with Gasteiger partial charge in [0.15, 0.2) is 0 Å². The SMILES string of the molecule is C/C=C(/NC(=O)c1c(F)cccc1F)C(=NC)C(=O)NC1CCC(CO)CC1. The summed E-state index contributed by atoms with van der Waals surface area (Å²) in [6.07, 6.45) is 4.57. The van der Waals surface area contributed by atoms with E-state index >= 15 is 0 Å². The van der Waals surface area contributed by atoms with Gasteiger partial charge in [-0.1, -0.05) is 12.1 Å². The van der Waals surface area contributed by atoms with E-state index in [1.807, 2.05) is 0 Å². The summed E-state index contributed by atoms with van der Waals surface area (Å²) in [6.45, 7) is 1.72. The number of halogens is 2. The monoisotopic (exact) mass is 393 g/mol. The highest BCUT2D eigenvalue weighted by atomic mass is 19.1. The van der Waals surface area contributed by atoms with E-state index < -0.39 is 29.0 Å². The van der Waals surface area contributed by atoms with Gasteiger partial charge in [-0.15, -0.1) is 0 Å². The van der Waals surface area contributed by atoms with Crippen molar-refractivity contribution < 1.29 is 23.5 Å². The van der Waals surface area contributed by atoms with Crippen LogP contribution in [0.15, 0.2) is 35.0 Å². The molecule has 0 atom stereocenters. The van der Waals surface area contributed by atoms with Gasteiger partial charge in [0.2, 0.25) is 0 Å². The van der Waals surface area contributed by atoms with Gasteiger partial charge in [0.25, 0.3) is 11.8 Å². The van der Waals surface area contributed by atoms with Crippen molar-refractivity contribution in [1.29, 1.82) is 0 Å². The first-order valence-corrected chi connectivity index (χ1v) is 9.21. The number of aliphatic hydroxyl groups is 1. The zero-order chi connectivity index (χ0) is 20.7. The Balaban J connectivity index is 2.07. The van der Waals surface area contributed by atoms with Gasteiger partial charge in [0, 0.05) is 19.7 Å². The highest BCUT2D eigenvalue weighted by Crippen LogP contribution is 2.23. The van der Waals surface area contributed by atoms with Crippen LogP contribution in [0.3, 0.4) is 0 Å². The number of carbonyl (C=O) groups is 2. The summed E-state index contributed by atoms with van der Waals surface area (Å²) in [6, 6.07) is 3.08. The standard InChI is InChI=1S/C20H25F2N3O3/c1-3-16(25-19(27)17-14(21)5-4-6-15(17)22)18(23-2)20(28)24-13-9-7-12(11-26)8-10-13/h3-6,12-13,26H,7-11H2,1-2H3,(H,24,28)(H,25,27)/b16-3+,23-18?. The molecule has 0 radical (unpaired) electrons. The number of aliphatic imine (C=N–C) groups is 1. The predicted molar refractivity (Wildman–Crippen MR) is 102 cm³/mol. The lowest BCUT2D eigenvalue weighted by Crippen LogP contribution is -2.44. The first kappa shape index (κ1) is 21.7. The fraction of sp³-hybridized carbons (Fsp3) is 0.450. The van der Waals surface area contributed by atoms with Gasteiger partial charge in [-0.2, -0.15) is 0 Å². The van der Waals surface area contributed by atoms with Gasteiger partial charge in [0.1, 0.15) is 22.9 Å². The molecule has 2 amide bonds. The molecule has 1 aromatic carbocycles. The van der Waals surface area contributed by atoms with Crippen molar-refractivity contribution in [3.8, 4) is 0 Å². The van der Waals surface area contributed by atoms with Gasteiger partial charge in [0.05, 0.1) is 5.70 Å². The van der Waals surface area contributed by atoms with Crippen molar-refractivity contribution in [1.82, 2.24) is 10.6 Å². The molecule has 1 aliphatic carbocycles. The zero-order valence-corrected chi connectivity index (χ0v) is 16.0. The normalized spacial score (nSPS) is 20.6. The maximum atomic E-state index is 13.8. The van der Waals surface area contributed by atoms with Gasteiger partial charge in [-0.3, -0.25) is 14.6 Å². The number of rotatable bonds is 6. The quantitative estimate of drug-likeness (QED) is 0.648. The van der Waals surface area contributed by atoms with Crippen LogP contribution in [-0.2, 0) is 4.79 Å². The van der Waals surface area contributed by atoms with Crippen LogP contribution >= 0.6 is 0 Å². The molecule has 2 rings (SSSR count). The van der Waals surface area contributed by atoms with Crippen molar-refractivity contribution >= 4 is 17.5 Å². The Morgan fingerprint density at radius 3 is 2.32 bits per heavy atom. The smallest absolute Gasteiger partial charge is 0.271 e. The van der Waals surface area contributed by atoms with E-state index in [1.165, 1.54) is 13.1 Å². The zero-order valence-electron chi connectivity index (χ0n) is 16.0. The summed E-state index contributed by atoms with van der Waals surface area (Å²) < 4.78 is 27.6. The predicted octanol–water partition coefficient (Wildman–Crippen LogP) is 2.34. The average Bonchev–Trinajstić information content (AvgIpc) is 2.68. The molecule has 0 aromatic heterocycles. The summed E-state index contributed by atoms with van der Waals surface area (Å²) in [7, 11) is 1.40. The summed E-state index contributed by atoms with van der Waals surface area (Å²) in [5, 5.41) is 14.4. The van der Waals surface area contributed by atoms with Crippen molar-refractivity contribution in [2.45, 2.75) is 38.6 Å². The van der Waals surface area contributed by atoms with Gasteiger partial charge in [-0.25, -0.2) is 8.78 Å². The van der Waals surface area contributed by atoms with E-state index in [9.17, 15) is 23.5 Å². The second-order valence-electron chi connectivity index (χ2n) is 6.70. The number of amides is 2. The molecule has 0 unspecified atom stereocenters. The van der Waals surface area contributed by atoms with Crippen LogP contribution in [0.1, 0.15) is 43.0 Å². The van der Waals surface area contributed by atoms with E-state index in [0.717, 1.165) is 43.9 Å². The van der Waals surface area contributed by atoms with Crippen LogP contribution in [0.4, 0.5) is 8.78 Å². The second-order valence-corrected chi connectivity index (χ2v) is 6.70. The van der Waals surface area contributed by atoms with Crippen LogP contribution in [-0.4, -0.2) is 42.3 Å². The number of hydrogen-bond acceptors (Lipinski definition) is 4. The molecular formula is C20H25F2N3O3. The fourth-order valence-electron chi connectivity index (χ4n) is 3.26. The topological polar surface area (TPSA) is 90.8 Å². The Kier molecular flexibility index (Phi) is 7.80. The molecule has 152 valence electrons. The van der Waals surface area contributed by atoms with Crippen molar-refractivity contribution in [2.24, 2.45) is 10.9 Å². The Morgan fingerprint density at radius 2 is 1.82 bits per heavy atom. The number of nitrogens with one attached hydrogen (secondary N) is 2. The maximum absolute atomic E-state index is 13.8. The minimum atomic E-state index is -0.999. The molecule has 3 N–H and O–H groups in total. The highest BCUT2D eigenvalue weighted by Gasteiger charge is 2.26. The molecule has 1 saturated carbocycles. The molecular weight excluding hydrogens is 368 g/mol. The number of aliphatic hydroxyl groups excluding tert-OH is 1. The highest BCUT2D eigenvalue weighted by molar-refractivity contribution is 6.45. The van der Waals surface area contributed by atoms with Crippen molar-refractivity contribution in [3.63, 3.8) is 0 Å². The molecule has 0 saturated heterocycles. The van der Waals surface area contributed by atoms with Crippen LogP contribution in [0.5, 0.6) is 0 Å². The van der Waals surface area contributed by atoms with Crippen LogP contribution in [0.2, 0.25) is 0 Å². The molecule has 1 aromatic rings.